The van der Waals surface area contributed by atoms with E-state index >= 15 is 0 Å². The van der Waals surface area contributed by atoms with Gasteiger partial charge in [0.05, 0.1) is 10.7 Å². The van der Waals surface area contributed by atoms with Gasteiger partial charge < -0.3 is 15.4 Å². The summed E-state index contributed by atoms with van der Waals surface area (Å²) in [6, 6.07) is 9.51. The number of rotatable bonds is 6. The predicted molar refractivity (Wildman–Crippen MR) is 99.4 cm³/mol. The van der Waals surface area contributed by atoms with E-state index in [9.17, 15) is 18.8 Å². The Morgan fingerprint density at radius 3 is 2.56 bits per heavy atom. The molecule has 2 N–H and O–H groups in total. The molecule has 0 aliphatic rings. The van der Waals surface area contributed by atoms with E-state index in [1.807, 2.05) is 0 Å². The largest absolute Gasteiger partial charge is 0.451 e. The number of amides is 2. The van der Waals surface area contributed by atoms with Crippen molar-refractivity contribution in [3.63, 3.8) is 0 Å². The summed E-state index contributed by atoms with van der Waals surface area (Å²) in [6.45, 7) is 0.889. The maximum absolute atomic E-state index is 13.1. The number of esters is 1. The second-order valence-corrected chi connectivity index (χ2v) is 6.28. The SMILES string of the molecule is C[C@@H](OC(=O)CNC(=O)c1cccc(F)c1)C(=O)Nc1ccc(Cl)cc1Cl. The molecule has 27 heavy (non-hydrogen) atoms. The first kappa shape index (κ1) is 20.7. The van der Waals surface area contributed by atoms with Crippen LogP contribution in [0, 0.1) is 5.82 Å². The van der Waals surface area contributed by atoms with Gasteiger partial charge >= 0.3 is 5.97 Å². The number of ether oxygens (including phenoxy) is 1. The molecule has 0 aliphatic heterocycles. The normalized spacial score (nSPS) is 11.4. The summed E-state index contributed by atoms with van der Waals surface area (Å²) in [7, 11) is 0. The van der Waals surface area contributed by atoms with Crippen LogP contribution in [0.2, 0.25) is 10.0 Å². The summed E-state index contributed by atoms with van der Waals surface area (Å²) in [6.07, 6.45) is -1.13. The topological polar surface area (TPSA) is 84.5 Å². The molecule has 0 bridgehead atoms. The molecule has 1 atom stereocenters. The summed E-state index contributed by atoms with van der Waals surface area (Å²) in [5.74, 6) is -2.65. The van der Waals surface area contributed by atoms with Gasteiger partial charge in [-0.1, -0.05) is 29.3 Å². The minimum absolute atomic E-state index is 0.0611. The molecule has 2 amide bonds. The summed E-state index contributed by atoms with van der Waals surface area (Å²) in [4.78, 5) is 35.7. The average molecular weight is 413 g/mol. The molecule has 142 valence electrons. The molecule has 2 aromatic carbocycles. The standard InChI is InChI=1S/C18H15Cl2FN2O4/c1-10(17(25)23-15-6-5-12(19)8-14(15)20)27-16(24)9-22-18(26)11-3-2-4-13(21)7-11/h2-8,10H,9H2,1H3,(H,22,26)(H,23,25)/t10-/m1/s1. The fourth-order valence-corrected chi connectivity index (χ4v) is 2.46. The molecule has 0 spiro atoms. The first-order valence-electron chi connectivity index (χ1n) is 7.75. The van der Waals surface area contributed by atoms with Gasteiger partial charge in [-0.25, -0.2) is 4.39 Å². The van der Waals surface area contributed by atoms with Crippen LogP contribution in [-0.4, -0.2) is 30.4 Å². The zero-order valence-electron chi connectivity index (χ0n) is 14.1. The Morgan fingerprint density at radius 2 is 1.89 bits per heavy atom. The highest BCUT2D eigenvalue weighted by Gasteiger charge is 2.19. The highest BCUT2D eigenvalue weighted by atomic mass is 35.5. The lowest BCUT2D eigenvalue weighted by molar-refractivity contribution is -0.152. The third-order valence-corrected chi connectivity index (χ3v) is 3.89. The molecule has 0 radical (unpaired) electrons. The van der Waals surface area contributed by atoms with Gasteiger partial charge in [-0.2, -0.15) is 0 Å². The molecule has 0 unspecified atom stereocenters. The summed E-state index contributed by atoms with van der Waals surface area (Å²) < 4.78 is 18.0. The van der Waals surface area contributed by atoms with Crippen molar-refractivity contribution in [3.8, 4) is 0 Å². The van der Waals surface area contributed by atoms with Crippen LogP contribution < -0.4 is 10.6 Å². The second-order valence-electron chi connectivity index (χ2n) is 5.44. The van der Waals surface area contributed by atoms with Crippen LogP contribution in [0.4, 0.5) is 10.1 Å². The molecule has 2 aromatic rings. The van der Waals surface area contributed by atoms with E-state index in [1.54, 1.807) is 6.07 Å². The van der Waals surface area contributed by atoms with E-state index in [-0.39, 0.29) is 10.6 Å². The number of hydrogen-bond donors (Lipinski definition) is 2. The maximum atomic E-state index is 13.1. The second kappa shape index (κ2) is 9.34. The van der Waals surface area contributed by atoms with Gasteiger partial charge in [-0.15, -0.1) is 0 Å². The number of hydrogen-bond acceptors (Lipinski definition) is 4. The molecule has 0 heterocycles. The lowest BCUT2D eigenvalue weighted by atomic mass is 10.2. The Bertz CT molecular complexity index is 876. The molecule has 0 aromatic heterocycles. The maximum Gasteiger partial charge on any atom is 0.326 e. The van der Waals surface area contributed by atoms with Gasteiger partial charge in [0.25, 0.3) is 11.8 Å². The van der Waals surface area contributed by atoms with Crippen molar-refractivity contribution in [2.45, 2.75) is 13.0 Å². The molecule has 0 fully saturated rings. The van der Waals surface area contributed by atoms with Gasteiger partial charge in [0, 0.05) is 10.6 Å². The van der Waals surface area contributed by atoms with E-state index < -0.39 is 36.2 Å². The van der Waals surface area contributed by atoms with Gasteiger partial charge in [0.1, 0.15) is 12.4 Å². The van der Waals surface area contributed by atoms with Crippen molar-refractivity contribution >= 4 is 46.7 Å². The molecule has 0 saturated carbocycles. The molecule has 6 nitrogen and oxygen atoms in total. The quantitative estimate of drug-likeness (QED) is 0.711. The third kappa shape index (κ3) is 6.23. The minimum Gasteiger partial charge on any atom is -0.451 e. The van der Waals surface area contributed by atoms with Crippen molar-refractivity contribution < 1.29 is 23.5 Å². The van der Waals surface area contributed by atoms with Crippen LogP contribution in [0.5, 0.6) is 0 Å². The van der Waals surface area contributed by atoms with Gasteiger partial charge in [-0.05, 0) is 43.3 Å². The van der Waals surface area contributed by atoms with E-state index in [0.29, 0.717) is 10.7 Å². The molecule has 0 aliphatic carbocycles. The van der Waals surface area contributed by atoms with Crippen LogP contribution in [-0.2, 0) is 14.3 Å². The summed E-state index contributed by atoms with van der Waals surface area (Å²) in [5.41, 5.74) is 0.374. The van der Waals surface area contributed by atoms with Crippen LogP contribution in [0.1, 0.15) is 17.3 Å². The van der Waals surface area contributed by atoms with Crippen molar-refractivity contribution in [3.05, 3.63) is 63.9 Å². The lowest BCUT2D eigenvalue weighted by Gasteiger charge is -2.14. The molecular formula is C18H15Cl2FN2O4. The van der Waals surface area contributed by atoms with E-state index in [1.165, 1.54) is 37.3 Å². The monoisotopic (exact) mass is 412 g/mol. The number of carbonyl (C=O) groups excluding carboxylic acids is 3. The first-order chi connectivity index (χ1) is 12.8. The smallest absolute Gasteiger partial charge is 0.326 e. The van der Waals surface area contributed by atoms with Crippen LogP contribution in [0.3, 0.4) is 0 Å². The zero-order chi connectivity index (χ0) is 20.0. The molecular weight excluding hydrogens is 398 g/mol. The van der Waals surface area contributed by atoms with Crippen LogP contribution >= 0.6 is 23.2 Å². The van der Waals surface area contributed by atoms with E-state index in [4.69, 9.17) is 27.9 Å². The summed E-state index contributed by atoms with van der Waals surface area (Å²) >= 11 is 11.7. The Kier molecular flexibility index (Phi) is 7.15. The van der Waals surface area contributed by atoms with E-state index in [2.05, 4.69) is 10.6 Å². The van der Waals surface area contributed by atoms with Gasteiger partial charge in [0.15, 0.2) is 6.10 Å². The number of anilines is 1. The first-order valence-corrected chi connectivity index (χ1v) is 8.51. The predicted octanol–water partition coefficient (Wildman–Crippen LogP) is 3.43. The Labute approximate surface area is 164 Å². The average Bonchev–Trinajstić information content (AvgIpc) is 2.61. The fourth-order valence-electron chi connectivity index (χ4n) is 2.00. The third-order valence-electron chi connectivity index (χ3n) is 3.35. The fraction of sp³-hybridized carbons (Fsp3) is 0.167. The Morgan fingerprint density at radius 1 is 1.15 bits per heavy atom. The van der Waals surface area contributed by atoms with Crippen LogP contribution in [0.15, 0.2) is 42.5 Å². The zero-order valence-corrected chi connectivity index (χ0v) is 15.6. The van der Waals surface area contributed by atoms with Crippen molar-refractivity contribution in [1.29, 1.82) is 0 Å². The number of halogens is 3. The summed E-state index contributed by atoms with van der Waals surface area (Å²) in [5, 5.41) is 5.43. The number of benzene rings is 2. The highest BCUT2D eigenvalue weighted by molar-refractivity contribution is 6.36. The van der Waals surface area contributed by atoms with E-state index in [0.717, 1.165) is 6.07 Å². The minimum atomic E-state index is -1.13. The van der Waals surface area contributed by atoms with Gasteiger partial charge in [0.2, 0.25) is 0 Å². The molecule has 2 rings (SSSR count). The van der Waals surface area contributed by atoms with Crippen molar-refractivity contribution in [2.24, 2.45) is 0 Å². The van der Waals surface area contributed by atoms with Crippen LogP contribution in [0.25, 0.3) is 0 Å². The number of carbonyl (C=O) groups is 3. The number of nitrogens with one attached hydrogen (secondary N) is 2. The van der Waals surface area contributed by atoms with Crippen molar-refractivity contribution in [2.75, 3.05) is 11.9 Å². The molecule has 9 heteroatoms. The Balaban J connectivity index is 1.83. The lowest BCUT2D eigenvalue weighted by Crippen LogP contribution is -2.35. The molecule has 0 saturated heterocycles. The Hall–Kier alpha value is -2.64. The van der Waals surface area contributed by atoms with Crippen molar-refractivity contribution in [1.82, 2.24) is 5.32 Å². The highest BCUT2D eigenvalue weighted by Crippen LogP contribution is 2.25. The van der Waals surface area contributed by atoms with Gasteiger partial charge in [-0.3, -0.25) is 14.4 Å².